The summed E-state index contributed by atoms with van der Waals surface area (Å²) in [5.74, 6) is -0.795. The van der Waals surface area contributed by atoms with Crippen LogP contribution in [-0.4, -0.2) is 28.6 Å². The third kappa shape index (κ3) is 2.45. The summed E-state index contributed by atoms with van der Waals surface area (Å²) in [7, 11) is 3.57. The number of benzene rings is 1. The van der Waals surface area contributed by atoms with E-state index in [0.29, 0.717) is 0 Å². The summed E-state index contributed by atoms with van der Waals surface area (Å²) in [5, 5.41) is 0. The van der Waals surface area contributed by atoms with Crippen molar-refractivity contribution < 1.29 is 22.7 Å². The third-order valence-corrected chi connectivity index (χ3v) is 3.22. The van der Waals surface area contributed by atoms with E-state index in [0.717, 1.165) is 7.11 Å². The average Bonchev–Trinajstić information content (AvgIpc) is 2.25. The Bertz CT molecular complexity index is 509. The molecule has 0 aliphatic heterocycles. The Labute approximate surface area is 97.3 Å². The van der Waals surface area contributed by atoms with Crippen molar-refractivity contribution in [3.63, 3.8) is 0 Å². The summed E-state index contributed by atoms with van der Waals surface area (Å²) in [5.41, 5.74) is -0.156. The van der Waals surface area contributed by atoms with Crippen LogP contribution >= 0.6 is 10.7 Å². The Morgan fingerprint density at radius 2 is 1.94 bits per heavy atom. The Balaban J connectivity index is 3.57. The van der Waals surface area contributed by atoms with Crippen molar-refractivity contribution in [2.75, 3.05) is 14.2 Å². The smallest absolute Gasteiger partial charge is 0.339 e. The van der Waals surface area contributed by atoms with E-state index in [-0.39, 0.29) is 16.2 Å². The predicted octanol–water partition coefficient (Wildman–Crippen LogP) is 1.41. The van der Waals surface area contributed by atoms with Gasteiger partial charge in [-0.05, 0) is 12.1 Å². The van der Waals surface area contributed by atoms with Gasteiger partial charge in [0.25, 0.3) is 9.05 Å². The lowest BCUT2D eigenvalue weighted by Gasteiger charge is -2.09. The number of hydrogen-bond acceptors (Lipinski definition) is 5. The molecule has 1 aromatic rings. The molecule has 0 bridgehead atoms. The first kappa shape index (κ1) is 12.8. The molecule has 0 aromatic heterocycles. The summed E-state index contributed by atoms with van der Waals surface area (Å²) >= 11 is 0. The Kier molecular flexibility index (Phi) is 3.77. The zero-order valence-corrected chi connectivity index (χ0v) is 10.1. The lowest BCUT2D eigenvalue weighted by Crippen LogP contribution is -2.09. The quantitative estimate of drug-likeness (QED) is 0.610. The van der Waals surface area contributed by atoms with Crippen LogP contribution in [0.3, 0.4) is 0 Å². The van der Waals surface area contributed by atoms with Crippen molar-refractivity contribution in [2.24, 2.45) is 0 Å². The van der Waals surface area contributed by atoms with Crippen molar-refractivity contribution in [3.8, 4) is 5.75 Å². The molecule has 0 amide bonds. The third-order valence-electron chi connectivity index (χ3n) is 1.85. The fourth-order valence-electron chi connectivity index (χ4n) is 1.20. The van der Waals surface area contributed by atoms with E-state index in [4.69, 9.17) is 15.4 Å². The molecule has 0 radical (unpaired) electrons. The maximum absolute atomic E-state index is 11.3. The van der Waals surface area contributed by atoms with Crippen LogP contribution in [0.1, 0.15) is 10.4 Å². The van der Waals surface area contributed by atoms with Gasteiger partial charge >= 0.3 is 5.97 Å². The van der Waals surface area contributed by atoms with Crippen molar-refractivity contribution in [1.29, 1.82) is 0 Å². The van der Waals surface area contributed by atoms with Crippen LogP contribution in [0, 0.1) is 0 Å². The highest BCUT2D eigenvalue weighted by molar-refractivity contribution is 8.13. The van der Waals surface area contributed by atoms with Gasteiger partial charge < -0.3 is 9.47 Å². The number of rotatable bonds is 3. The van der Waals surface area contributed by atoms with E-state index in [9.17, 15) is 13.2 Å². The van der Waals surface area contributed by atoms with E-state index < -0.39 is 15.0 Å². The zero-order chi connectivity index (χ0) is 12.3. The first-order valence-electron chi connectivity index (χ1n) is 4.11. The first-order valence-corrected chi connectivity index (χ1v) is 6.42. The van der Waals surface area contributed by atoms with Crippen molar-refractivity contribution in [3.05, 3.63) is 23.8 Å². The highest BCUT2D eigenvalue weighted by Crippen LogP contribution is 2.30. The van der Waals surface area contributed by atoms with Crippen LogP contribution in [-0.2, 0) is 13.8 Å². The second-order valence-electron chi connectivity index (χ2n) is 2.77. The maximum Gasteiger partial charge on any atom is 0.339 e. The van der Waals surface area contributed by atoms with Crippen LogP contribution < -0.4 is 4.74 Å². The van der Waals surface area contributed by atoms with Gasteiger partial charge in [-0.2, -0.15) is 0 Å². The van der Waals surface area contributed by atoms with Gasteiger partial charge in [0.05, 0.1) is 19.8 Å². The number of esters is 1. The van der Waals surface area contributed by atoms with Crippen LogP contribution in [0.15, 0.2) is 23.1 Å². The van der Waals surface area contributed by atoms with Gasteiger partial charge in [-0.15, -0.1) is 0 Å². The molecular formula is C9H9ClO5S. The summed E-state index contributed by atoms with van der Waals surface area (Å²) in [6.45, 7) is 0. The molecule has 1 aromatic carbocycles. The van der Waals surface area contributed by atoms with E-state index in [1.165, 1.54) is 25.3 Å². The molecule has 0 unspecified atom stereocenters. The van der Waals surface area contributed by atoms with Gasteiger partial charge in [0.15, 0.2) is 0 Å². The minimum atomic E-state index is -4.08. The predicted molar refractivity (Wildman–Crippen MR) is 57.4 cm³/mol. The first-order chi connectivity index (χ1) is 7.41. The average molecular weight is 265 g/mol. The van der Waals surface area contributed by atoms with Crippen molar-refractivity contribution in [1.82, 2.24) is 0 Å². The molecule has 88 valence electrons. The molecule has 0 N–H and O–H groups in total. The fourth-order valence-corrected chi connectivity index (χ4v) is 2.48. The van der Waals surface area contributed by atoms with Gasteiger partial charge in [-0.3, -0.25) is 0 Å². The van der Waals surface area contributed by atoms with Crippen LogP contribution in [0.4, 0.5) is 0 Å². The number of methoxy groups -OCH3 is 2. The molecule has 5 nitrogen and oxygen atoms in total. The monoisotopic (exact) mass is 264 g/mol. The summed E-state index contributed by atoms with van der Waals surface area (Å²) < 4.78 is 32.0. The number of halogens is 1. The normalized spacial score (nSPS) is 10.9. The van der Waals surface area contributed by atoms with Gasteiger partial charge in [-0.25, -0.2) is 13.2 Å². The van der Waals surface area contributed by atoms with Crippen LogP contribution in [0.5, 0.6) is 5.75 Å². The van der Waals surface area contributed by atoms with E-state index in [2.05, 4.69) is 4.74 Å². The summed E-state index contributed by atoms with van der Waals surface area (Å²) in [6.07, 6.45) is 0. The highest BCUT2D eigenvalue weighted by Gasteiger charge is 2.25. The van der Waals surface area contributed by atoms with Crippen molar-refractivity contribution in [2.45, 2.75) is 4.90 Å². The van der Waals surface area contributed by atoms with Gasteiger partial charge in [0.2, 0.25) is 0 Å². The summed E-state index contributed by atoms with van der Waals surface area (Å²) in [6, 6.07) is 4.15. The minimum absolute atomic E-state index is 0.00194. The topological polar surface area (TPSA) is 69.7 Å². The molecule has 0 saturated carbocycles. The number of ether oxygens (including phenoxy) is 2. The lowest BCUT2D eigenvalue weighted by molar-refractivity contribution is 0.0595. The van der Waals surface area contributed by atoms with Crippen LogP contribution in [0.25, 0.3) is 0 Å². The number of carbonyl (C=O) groups is 1. The molecular weight excluding hydrogens is 256 g/mol. The Morgan fingerprint density at radius 3 is 2.38 bits per heavy atom. The second kappa shape index (κ2) is 4.71. The maximum atomic E-state index is 11.3. The largest absolute Gasteiger partial charge is 0.495 e. The molecule has 0 heterocycles. The van der Waals surface area contributed by atoms with Gasteiger partial charge in [0.1, 0.15) is 10.6 Å². The Hall–Kier alpha value is -1.27. The van der Waals surface area contributed by atoms with Gasteiger partial charge in [-0.1, -0.05) is 6.07 Å². The molecule has 1 rings (SSSR count). The zero-order valence-electron chi connectivity index (χ0n) is 8.56. The lowest BCUT2D eigenvalue weighted by atomic mass is 10.2. The fraction of sp³-hybridized carbons (Fsp3) is 0.222. The Morgan fingerprint density at radius 1 is 1.31 bits per heavy atom. The molecule has 7 heteroatoms. The van der Waals surface area contributed by atoms with Gasteiger partial charge in [0, 0.05) is 10.7 Å². The molecule has 0 aliphatic carbocycles. The molecule has 0 spiro atoms. The summed E-state index contributed by atoms with van der Waals surface area (Å²) in [4.78, 5) is 11.0. The molecule has 0 aliphatic rings. The SMILES string of the molecule is COC(=O)c1cccc(OC)c1S(=O)(=O)Cl. The van der Waals surface area contributed by atoms with Crippen LogP contribution in [0.2, 0.25) is 0 Å². The molecule has 0 atom stereocenters. The van der Waals surface area contributed by atoms with E-state index >= 15 is 0 Å². The molecule has 0 saturated heterocycles. The molecule has 0 fully saturated rings. The highest BCUT2D eigenvalue weighted by atomic mass is 35.7. The van der Waals surface area contributed by atoms with Crippen molar-refractivity contribution >= 4 is 25.7 Å². The van der Waals surface area contributed by atoms with E-state index in [1.807, 2.05) is 0 Å². The number of hydrogen-bond donors (Lipinski definition) is 0. The standard InChI is InChI=1S/C9H9ClO5S/c1-14-7-5-3-4-6(9(11)15-2)8(7)16(10,12)13/h3-5H,1-2H3. The van der Waals surface area contributed by atoms with E-state index in [1.54, 1.807) is 0 Å². The minimum Gasteiger partial charge on any atom is -0.495 e. The second-order valence-corrected chi connectivity index (χ2v) is 5.27. The number of carbonyl (C=O) groups excluding carboxylic acids is 1. The molecule has 16 heavy (non-hydrogen) atoms.